The highest BCUT2D eigenvalue weighted by Crippen LogP contribution is 2.22. The predicted molar refractivity (Wildman–Crippen MR) is 82.7 cm³/mol. The van der Waals surface area contributed by atoms with Crippen molar-refractivity contribution in [2.45, 2.75) is 20.4 Å². The van der Waals surface area contributed by atoms with Crippen molar-refractivity contribution in [3.05, 3.63) is 59.2 Å². The van der Waals surface area contributed by atoms with Gasteiger partial charge in [-0.1, -0.05) is 24.3 Å². The van der Waals surface area contributed by atoms with Crippen LogP contribution in [0, 0.1) is 13.8 Å². The van der Waals surface area contributed by atoms with Gasteiger partial charge in [-0.15, -0.1) is 5.10 Å². The second kappa shape index (κ2) is 5.36. The van der Waals surface area contributed by atoms with Crippen LogP contribution in [0.3, 0.4) is 0 Å². The van der Waals surface area contributed by atoms with Crippen LogP contribution in [0.5, 0.6) is 0 Å². The molecule has 106 valence electrons. The van der Waals surface area contributed by atoms with Gasteiger partial charge in [-0.2, -0.15) is 0 Å². The van der Waals surface area contributed by atoms with Gasteiger partial charge in [-0.3, -0.25) is 0 Å². The van der Waals surface area contributed by atoms with Crippen LogP contribution in [0.15, 0.2) is 42.5 Å². The van der Waals surface area contributed by atoms with E-state index in [2.05, 4.69) is 34.6 Å². The molecule has 3 rings (SSSR count). The Morgan fingerprint density at radius 2 is 1.90 bits per heavy atom. The second-order valence-corrected chi connectivity index (χ2v) is 5.22. The Morgan fingerprint density at radius 1 is 1.10 bits per heavy atom. The lowest BCUT2D eigenvalue weighted by atomic mass is 10.1. The Bertz CT molecular complexity index is 756. The van der Waals surface area contributed by atoms with Crippen LogP contribution in [0.25, 0.3) is 11.4 Å². The summed E-state index contributed by atoms with van der Waals surface area (Å²) >= 11 is 0. The van der Waals surface area contributed by atoms with Crippen LogP contribution < -0.4 is 5.73 Å². The zero-order valence-electron chi connectivity index (χ0n) is 12.1. The highest BCUT2D eigenvalue weighted by molar-refractivity contribution is 5.62. The molecule has 0 unspecified atom stereocenters. The summed E-state index contributed by atoms with van der Waals surface area (Å²) < 4.78 is 1.80. The number of anilines is 1. The first-order chi connectivity index (χ1) is 10.1. The Labute approximate surface area is 123 Å². The van der Waals surface area contributed by atoms with Crippen LogP contribution in [-0.2, 0) is 6.54 Å². The van der Waals surface area contributed by atoms with Gasteiger partial charge in [0.05, 0.1) is 6.54 Å². The molecule has 0 saturated carbocycles. The molecule has 0 spiro atoms. The molecule has 21 heavy (non-hydrogen) atoms. The lowest BCUT2D eigenvalue weighted by Crippen LogP contribution is -2.06. The molecule has 0 atom stereocenters. The first-order valence-electron chi connectivity index (χ1n) is 6.82. The van der Waals surface area contributed by atoms with Crippen molar-refractivity contribution in [3.8, 4) is 11.4 Å². The van der Waals surface area contributed by atoms with Gasteiger partial charge in [-0.05, 0) is 59.2 Å². The number of nitrogens with zero attached hydrogens (tertiary/aromatic N) is 4. The van der Waals surface area contributed by atoms with E-state index in [1.54, 1.807) is 4.68 Å². The van der Waals surface area contributed by atoms with E-state index in [0.29, 0.717) is 6.54 Å². The standard InChI is InChI=1S/C16H17N5/c1-11-7-14(9-15(17)8-11)16-18-19-20-21(16)10-13-6-4-3-5-12(13)2/h3-9H,10,17H2,1-2H3. The van der Waals surface area contributed by atoms with Gasteiger partial charge >= 0.3 is 0 Å². The number of aromatic nitrogens is 4. The molecular formula is C16H17N5. The summed E-state index contributed by atoms with van der Waals surface area (Å²) in [5.74, 6) is 0.730. The number of rotatable bonds is 3. The SMILES string of the molecule is Cc1cc(N)cc(-c2nnnn2Cc2ccccc2C)c1. The second-order valence-electron chi connectivity index (χ2n) is 5.22. The van der Waals surface area contributed by atoms with Crippen molar-refractivity contribution in [1.82, 2.24) is 20.2 Å². The molecule has 5 heteroatoms. The molecular weight excluding hydrogens is 262 g/mol. The minimum atomic E-state index is 0.642. The molecule has 5 nitrogen and oxygen atoms in total. The van der Waals surface area contributed by atoms with E-state index in [0.717, 1.165) is 22.6 Å². The van der Waals surface area contributed by atoms with Gasteiger partial charge in [0.1, 0.15) is 0 Å². The van der Waals surface area contributed by atoms with Crippen LogP contribution in [-0.4, -0.2) is 20.2 Å². The minimum Gasteiger partial charge on any atom is -0.399 e. The average Bonchev–Trinajstić information content (AvgIpc) is 2.88. The molecule has 1 aromatic heterocycles. The summed E-state index contributed by atoms with van der Waals surface area (Å²) in [6.07, 6.45) is 0. The van der Waals surface area contributed by atoms with Crippen molar-refractivity contribution in [2.75, 3.05) is 5.73 Å². The third-order valence-electron chi connectivity index (χ3n) is 3.47. The maximum absolute atomic E-state index is 5.91. The van der Waals surface area contributed by atoms with Crippen LogP contribution in [0.2, 0.25) is 0 Å². The largest absolute Gasteiger partial charge is 0.399 e. The predicted octanol–water partition coefficient (Wildman–Crippen LogP) is 2.59. The summed E-state index contributed by atoms with van der Waals surface area (Å²) in [6.45, 7) is 4.74. The van der Waals surface area contributed by atoms with E-state index in [-0.39, 0.29) is 0 Å². The van der Waals surface area contributed by atoms with Crippen LogP contribution >= 0.6 is 0 Å². The monoisotopic (exact) mass is 279 g/mol. The van der Waals surface area contributed by atoms with E-state index < -0.39 is 0 Å². The highest BCUT2D eigenvalue weighted by atomic mass is 15.5. The quantitative estimate of drug-likeness (QED) is 0.748. The summed E-state index contributed by atoms with van der Waals surface area (Å²) in [6, 6.07) is 14.1. The van der Waals surface area contributed by atoms with Gasteiger partial charge in [0, 0.05) is 11.3 Å². The number of aryl methyl sites for hydroxylation is 2. The summed E-state index contributed by atoms with van der Waals surface area (Å²) in [4.78, 5) is 0. The fraction of sp³-hybridized carbons (Fsp3) is 0.188. The Morgan fingerprint density at radius 3 is 2.67 bits per heavy atom. The molecule has 0 radical (unpaired) electrons. The molecule has 0 saturated heterocycles. The fourth-order valence-electron chi connectivity index (χ4n) is 2.41. The average molecular weight is 279 g/mol. The highest BCUT2D eigenvalue weighted by Gasteiger charge is 2.11. The molecule has 0 amide bonds. The van der Waals surface area contributed by atoms with E-state index >= 15 is 0 Å². The van der Waals surface area contributed by atoms with Gasteiger partial charge in [0.15, 0.2) is 5.82 Å². The molecule has 2 aromatic carbocycles. The molecule has 3 aromatic rings. The summed E-state index contributed by atoms with van der Waals surface area (Å²) in [5.41, 5.74) is 11.1. The number of hydrogen-bond donors (Lipinski definition) is 1. The van der Waals surface area contributed by atoms with Gasteiger partial charge < -0.3 is 5.73 Å². The number of hydrogen-bond acceptors (Lipinski definition) is 4. The van der Waals surface area contributed by atoms with Crippen molar-refractivity contribution < 1.29 is 0 Å². The maximum atomic E-state index is 5.91. The van der Waals surface area contributed by atoms with Gasteiger partial charge in [-0.25, -0.2) is 4.68 Å². The van der Waals surface area contributed by atoms with Crippen molar-refractivity contribution in [1.29, 1.82) is 0 Å². The Kier molecular flexibility index (Phi) is 3.39. The molecule has 1 heterocycles. The molecule has 2 N–H and O–H groups in total. The van der Waals surface area contributed by atoms with E-state index in [1.165, 1.54) is 11.1 Å². The van der Waals surface area contributed by atoms with E-state index in [9.17, 15) is 0 Å². The third-order valence-corrected chi connectivity index (χ3v) is 3.47. The van der Waals surface area contributed by atoms with Crippen LogP contribution in [0.4, 0.5) is 5.69 Å². The van der Waals surface area contributed by atoms with Gasteiger partial charge in [0.2, 0.25) is 0 Å². The zero-order valence-corrected chi connectivity index (χ0v) is 12.1. The Balaban J connectivity index is 1.99. The van der Waals surface area contributed by atoms with Crippen molar-refractivity contribution in [3.63, 3.8) is 0 Å². The minimum absolute atomic E-state index is 0.642. The van der Waals surface area contributed by atoms with Gasteiger partial charge in [0.25, 0.3) is 0 Å². The third kappa shape index (κ3) is 2.76. The number of nitrogen functional groups attached to an aromatic ring is 1. The van der Waals surface area contributed by atoms with E-state index in [4.69, 9.17) is 5.73 Å². The zero-order chi connectivity index (χ0) is 14.8. The van der Waals surface area contributed by atoms with E-state index in [1.807, 2.05) is 37.3 Å². The molecule has 0 fully saturated rings. The van der Waals surface area contributed by atoms with Crippen LogP contribution in [0.1, 0.15) is 16.7 Å². The summed E-state index contributed by atoms with van der Waals surface area (Å²) in [5, 5.41) is 12.0. The normalized spacial score (nSPS) is 10.8. The first kappa shape index (κ1) is 13.3. The maximum Gasteiger partial charge on any atom is 0.182 e. The summed E-state index contributed by atoms with van der Waals surface area (Å²) in [7, 11) is 0. The molecule has 0 aliphatic rings. The fourth-order valence-corrected chi connectivity index (χ4v) is 2.41. The number of tetrazole rings is 1. The first-order valence-corrected chi connectivity index (χ1v) is 6.82. The number of benzene rings is 2. The topological polar surface area (TPSA) is 69.6 Å². The smallest absolute Gasteiger partial charge is 0.182 e. The lowest BCUT2D eigenvalue weighted by molar-refractivity contribution is 0.651. The molecule has 0 aliphatic carbocycles. The molecule has 0 aliphatic heterocycles. The van der Waals surface area contributed by atoms with Crippen molar-refractivity contribution in [2.24, 2.45) is 0 Å². The number of nitrogens with two attached hydrogens (primary N) is 1. The lowest BCUT2D eigenvalue weighted by Gasteiger charge is -2.08. The van der Waals surface area contributed by atoms with Crippen molar-refractivity contribution >= 4 is 5.69 Å². The molecule has 0 bridgehead atoms. The Hall–Kier alpha value is -2.69.